The average Bonchev–Trinajstić information content (AvgIpc) is 2.83. The fraction of sp³-hybridized carbons (Fsp3) is 0.500. The van der Waals surface area contributed by atoms with Gasteiger partial charge < -0.3 is 9.73 Å². The molecule has 1 aromatic rings. The Morgan fingerprint density at radius 2 is 2.22 bits per heavy atom. The maximum atomic E-state index is 12.0. The molecule has 1 amide bonds. The van der Waals surface area contributed by atoms with Gasteiger partial charge in [-0.25, -0.2) is 0 Å². The Kier molecular flexibility index (Phi) is 3.47. The number of halogens is 1. The highest BCUT2D eigenvalue weighted by atomic mass is 79.9. The Morgan fingerprint density at radius 3 is 2.78 bits per heavy atom. The Balaban J connectivity index is 2.20. The molecule has 1 unspecified atom stereocenters. The van der Waals surface area contributed by atoms with E-state index in [1.54, 1.807) is 19.1 Å². The van der Waals surface area contributed by atoms with Gasteiger partial charge in [0.25, 0.3) is 5.91 Å². The summed E-state index contributed by atoms with van der Waals surface area (Å²) >= 11 is 3.23. The van der Waals surface area contributed by atoms with Crippen LogP contribution in [0.2, 0.25) is 0 Å². The molecule has 5 nitrogen and oxygen atoms in total. The molecular formula is C12H16BrN3O2. The van der Waals surface area contributed by atoms with Crippen LogP contribution in [0.15, 0.2) is 26.2 Å². The van der Waals surface area contributed by atoms with Gasteiger partial charge in [-0.15, -0.1) is 0 Å². The van der Waals surface area contributed by atoms with Gasteiger partial charge in [0.05, 0.1) is 0 Å². The molecule has 1 atom stereocenters. The van der Waals surface area contributed by atoms with E-state index in [2.05, 4.69) is 45.4 Å². The summed E-state index contributed by atoms with van der Waals surface area (Å²) < 4.78 is 6.05. The fourth-order valence-electron chi connectivity index (χ4n) is 1.67. The number of nitrogens with one attached hydrogen (secondary N) is 2. The van der Waals surface area contributed by atoms with E-state index in [0.717, 1.165) is 0 Å². The predicted octanol–water partition coefficient (Wildman–Crippen LogP) is 1.99. The Hall–Kier alpha value is -1.30. The van der Waals surface area contributed by atoms with Crippen LogP contribution >= 0.6 is 15.9 Å². The van der Waals surface area contributed by atoms with Gasteiger partial charge in [0, 0.05) is 6.54 Å². The van der Waals surface area contributed by atoms with Gasteiger partial charge in [-0.05, 0) is 40.9 Å². The summed E-state index contributed by atoms with van der Waals surface area (Å²) in [7, 11) is 0. The van der Waals surface area contributed by atoms with Crippen molar-refractivity contribution in [3.05, 3.63) is 22.6 Å². The third-order valence-electron chi connectivity index (χ3n) is 2.74. The number of guanidine groups is 1. The molecule has 98 valence electrons. The minimum Gasteiger partial charge on any atom is -0.451 e. The van der Waals surface area contributed by atoms with Crippen molar-refractivity contribution in [3.63, 3.8) is 0 Å². The molecule has 2 rings (SSSR count). The molecule has 18 heavy (non-hydrogen) atoms. The summed E-state index contributed by atoms with van der Waals surface area (Å²) in [6.07, 6.45) is 0. The van der Waals surface area contributed by atoms with Crippen molar-refractivity contribution in [2.45, 2.75) is 26.3 Å². The standard InChI is InChI=1S/C12H16BrN3O2/c1-7(2)6-14-11-15-10(17)12(3,16-11)8-4-5-9(13)18-8/h4-5,7H,6H2,1-3H3,(H2,14,15,16,17). The molecule has 0 bridgehead atoms. The second kappa shape index (κ2) is 4.76. The smallest absolute Gasteiger partial charge is 0.260 e. The summed E-state index contributed by atoms with van der Waals surface area (Å²) in [6, 6.07) is 3.53. The quantitative estimate of drug-likeness (QED) is 0.896. The van der Waals surface area contributed by atoms with E-state index in [-0.39, 0.29) is 5.91 Å². The van der Waals surface area contributed by atoms with Crippen LogP contribution in [-0.4, -0.2) is 18.4 Å². The number of hydrogen-bond donors (Lipinski definition) is 2. The van der Waals surface area contributed by atoms with Gasteiger partial charge in [0.2, 0.25) is 0 Å². The first-order chi connectivity index (χ1) is 8.41. The summed E-state index contributed by atoms with van der Waals surface area (Å²) in [6.45, 7) is 6.58. The number of carbonyl (C=O) groups is 1. The van der Waals surface area contributed by atoms with E-state index < -0.39 is 5.54 Å². The number of nitrogens with zero attached hydrogens (tertiary/aromatic N) is 1. The topological polar surface area (TPSA) is 66.6 Å². The van der Waals surface area contributed by atoms with Crippen molar-refractivity contribution >= 4 is 27.8 Å². The lowest BCUT2D eigenvalue weighted by Gasteiger charge is -2.17. The summed E-state index contributed by atoms with van der Waals surface area (Å²) in [5.41, 5.74) is -0.901. The van der Waals surface area contributed by atoms with Crippen molar-refractivity contribution in [3.8, 4) is 0 Å². The van der Waals surface area contributed by atoms with Gasteiger partial charge in [0.1, 0.15) is 5.76 Å². The summed E-state index contributed by atoms with van der Waals surface area (Å²) in [5.74, 6) is 1.35. The Bertz CT molecular complexity index is 495. The molecular weight excluding hydrogens is 298 g/mol. The van der Waals surface area contributed by atoms with Crippen molar-refractivity contribution in [2.75, 3.05) is 6.54 Å². The highest BCUT2D eigenvalue weighted by molar-refractivity contribution is 9.10. The summed E-state index contributed by atoms with van der Waals surface area (Å²) in [4.78, 5) is 16.4. The van der Waals surface area contributed by atoms with E-state index in [1.807, 2.05) is 0 Å². The molecule has 2 heterocycles. The lowest BCUT2D eigenvalue weighted by atomic mass is 10.00. The zero-order valence-electron chi connectivity index (χ0n) is 10.6. The first kappa shape index (κ1) is 13.1. The number of rotatable bonds is 3. The molecule has 0 radical (unpaired) electrons. The lowest BCUT2D eigenvalue weighted by Crippen LogP contribution is -2.40. The van der Waals surface area contributed by atoms with Crippen LogP contribution in [0.5, 0.6) is 0 Å². The molecule has 0 aromatic carbocycles. The molecule has 0 saturated carbocycles. The van der Waals surface area contributed by atoms with Crippen LogP contribution in [0.25, 0.3) is 0 Å². The molecule has 0 spiro atoms. The maximum absolute atomic E-state index is 12.0. The predicted molar refractivity (Wildman–Crippen MR) is 72.2 cm³/mol. The lowest BCUT2D eigenvalue weighted by molar-refractivity contribution is -0.124. The number of carbonyl (C=O) groups excluding carboxylic acids is 1. The molecule has 2 N–H and O–H groups in total. The molecule has 0 aliphatic carbocycles. The van der Waals surface area contributed by atoms with Gasteiger partial charge >= 0.3 is 0 Å². The SMILES string of the molecule is CC(C)CN=C1NC(=O)C(C)(c2ccc(Br)o2)N1. The van der Waals surface area contributed by atoms with E-state index in [4.69, 9.17) is 4.42 Å². The number of amides is 1. The fourth-order valence-corrected chi connectivity index (χ4v) is 1.97. The van der Waals surface area contributed by atoms with E-state index >= 15 is 0 Å². The number of aliphatic imine (C=N–C) groups is 1. The van der Waals surface area contributed by atoms with Gasteiger partial charge in [-0.1, -0.05) is 13.8 Å². The zero-order chi connectivity index (χ0) is 13.3. The summed E-state index contributed by atoms with van der Waals surface area (Å²) in [5, 5.41) is 5.81. The van der Waals surface area contributed by atoms with Crippen LogP contribution in [0.1, 0.15) is 26.5 Å². The highest BCUT2D eigenvalue weighted by Gasteiger charge is 2.44. The Labute approximate surface area is 114 Å². The van der Waals surface area contributed by atoms with Crippen LogP contribution in [0.3, 0.4) is 0 Å². The molecule has 1 saturated heterocycles. The normalized spacial score (nSPS) is 25.6. The van der Waals surface area contributed by atoms with E-state index in [0.29, 0.717) is 28.9 Å². The average molecular weight is 314 g/mol. The second-order valence-electron chi connectivity index (χ2n) is 4.89. The monoisotopic (exact) mass is 313 g/mol. The number of furan rings is 1. The maximum Gasteiger partial charge on any atom is 0.260 e. The minimum atomic E-state index is -0.901. The van der Waals surface area contributed by atoms with Crippen LogP contribution < -0.4 is 10.6 Å². The first-order valence-electron chi connectivity index (χ1n) is 5.81. The van der Waals surface area contributed by atoms with Crippen molar-refractivity contribution in [1.82, 2.24) is 10.6 Å². The number of hydrogen-bond acceptors (Lipinski definition) is 3. The van der Waals surface area contributed by atoms with Crippen LogP contribution in [0.4, 0.5) is 0 Å². The molecule has 1 aliphatic heterocycles. The van der Waals surface area contributed by atoms with Crippen LogP contribution in [-0.2, 0) is 10.3 Å². The third kappa shape index (κ3) is 2.43. The third-order valence-corrected chi connectivity index (χ3v) is 3.16. The van der Waals surface area contributed by atoms with Gasteiger partial charge in [0.15, 0.2) is 16.2 Å². The highest BCUT2D eigenvalue weighted by Crippen LogP contribution is 2.28. The van der Waals surface area contributed by atoms with E-state index in [9.17, 15) is 4.79 Å². The Morgan fingerprint density at radius 1 is 1.50 bits per heavy atom. The van der Waals surface area contributed by atoms with E-state index in [1.165, 1.54) is 0 Å². The van der Waals surface area contributed by atoms with Crippen LogP contribution in [0, 0.1) is 5.92 Å². The van der Waals surface area contributed by atoms with Gasteiger partial charge in [-0.3, -0.25) is 15.1 Å². The molecule has 1 aromatic heterocycles. The van der Waals surface area contributed by atoms with Crippen molar-refractivity contribution in [2.24, 2.45) is 10.9 Å². The zero-order valence-corrected chi connectivity index (χ0v) is 12.2. The molecule has 1 aliphatic rings. The second-order valence-corrected chi connectivity index (χ2v) is 5.67. The first-order valence-corrected chi connectivity index (χ1v) is 6.61. The largest absolute Gasteiger partial charge is 0.451 e. The van der Waals surface area contributed by atoms with Crippen molar-refractivity contribution < 1.29 is 9.21 Å². The molecule has 6 heteroatoms. The molecule has 1 fully saturated rings. The van der Waals surface area contributed by atoms with Crippen molar-refractivity contribution in [1.29, 1.82) is 0 Å². The minimum absolute atomic E-state index is 0.160. The van der Waals surface area contributed by atoms with Gasteiger partial charge in [-0.2, -0.15) is 0 Å².